The first kappa shape index (κ1) is 12.1. The fraction of sp³-hybridized carbons (Fsp3) is 0.500. The van der Waals surface area contributed by atoms with Crippen LogP contribution < -0.4 is 11.1 Å². The number of carbonyl (C=O) groups is 1. The predicted molar refractivity (Wildman–Crippen MR) is 68.3 cm³/mol. The topological polar surface area (TPSA) is 55.1 Å². The van der Waals surface area contributed by atoms with Gasteiger partial charge in [-0.3, -0.25) is 4.79 Å². The maximum Gasteiger partial charge on any atom is 0.241 e. The number of rotatable bonds is 5. The molecule has 2 rings (SSSR count). The molecule has 2 atom stereocenters. The van der Waals surface area contributed by atoms with Crippen molar-refractivity contribution in [2.45, 2.75) is 38.3 Å². The summed E-state index contributed by atoms with van der Waals surface area (Å²) in [7, 11) is 0. The van der Waals surface area contributed by atoms with Crippen LogP contribution in [0.1, 0.15) is 37.8 Å². The highest BCUT2D eigenvalue weighted by atomic mass is 16.2. The molecule has 3 heteroatoms. The molecule has 0 heterocycles. The number of nitrogens with one attached hydrogen (secondary N) is 1. The van der Waals surface area contributed by atoms with Gasteiger partial charge in [0, 0.05) is 6.04 Å². The molecule has 1 fully saturated rings. The number of nitrogens with two attached hydrogens (primary N) is 1. The molecule has 1 saturated carbocycles. The lowest BCUT2D eigenvalue weighted by Gasteiger charge is -2.17. The van der Waals surface area contributed by atoms with E-state index in [2.05, 4.69) is 5.32 Å². The Kier molecular flexibility index (Phi) is 3.79. The number of carbonyl (C=O) groups excluding carboxylic acids is 1. The summed E-state index contributed by atoms with van der Waals surface area (Å²) < 4.78 is 0. The molecule has 17 heavy (non-hydrogen) atoms. The minimum Gasteiger partial charge on any atom is -0.352 e. The quantitative estimate of drug-likeness (QED) is 0.815. The van der Waals surface area contributed by atoms with Crippen LogP contribution in [0.2, 0.25) is 0 Å². The standard InChI is InChI=1S/C14H20N2O/c1-10(9-11-7-8-11)16-14(17)13(15)12-5-3-2-4-6-12/h2-6,10-11,13H,7-9,15H2,1H3,(H,16,17)/t10?,13-/m0/s1. The van der Waals surface area contributed by atoms with Gasteiger partial charge in [0.25, 0.3) is 0 Å². The molecule has 3 N–H and O–H groups in total. The summed E-state index contributed by atoms with van der Waals surface area (Å²) >= 11 is 0. The van der Waals surface area contributed by atoms with Crippen molar-refractivity contribution in [3.8, 4) is 0 Å². The van der Waals surface area contributed by atoms with E-state index in [1.54, 1.807) is 0 Å². The van der Waals surface area contributed by atoms with E-state index in [-0.39, 0.29) is 11.9 Å². The van der Waals surface area contributed by atoms with Crippen LogP contribution in [-0.4, -0.2) is 11.9 Å². The summed E-state index contributed by atoms with van der Waals surface area (Å²) in [4.78, 5) is 11.9. The minimum atomic E-state index is -0.558. The van der Waals surface area contributed by atoms with Crippen molar-refractivity contribution in [3.05, 3.63) is 35.9 Å². The SMILES string of the molecule is CC(CC1CC1)NC(=O)[C@@H](N)c1ccccc1. The van der Waals surface area contributed by atoms with Gasteiger partial charge in [-0.25, -0.2) is 0 Å². The van der Waals surface area contributed by atoms with E-state index >= 15 is 0 Å². The zero-order valence-electron chi connectivity index (χ0n) is 10.2. The highest BCUT2D eigenvalue weighted by molar-refractivity contribution is 5.83. The van der Waals surface area contributed by atoms with Crippen molar-refractivity contribution >= 4 is 5.91 Å². The van der Waals surface area contributed by atoms with Crippen LogP contribution in [0.4, 0.5) is 0 Å². The van der Waals surface area contributed by atoms with E-state index in [1.807, 2.05) is 37.3 Å². The van der Waals surface area contributed by atoms with Gasteiger partial charge in [-0.15, -0.1) is 0 Å². The van der Waals surface area contributed by atoms with E-state index in [9.17, 15) is 4.79 Å². The summed E-state index contributed by atoms with van der Waals surface area (Å²) in [5, 5.41) is 2.99. The van der Waals surface area contributed by atoms with Gasteiger partial charge in [0.1, 0.15) is 6.04 Å². The minimum absolute atomic E-state index is 0.0793. The molecule has 1 unspecified atom stereocenters. The Hall–Kier alpha value is -1.35. The molecule has 3 nitrogen and oxygen atoms in total. The normalized spacial score (nSPS) is 18.5. The lowest BCUT2D eigenvalue weighted by Crippen LogP contribution is -2.39. The lowest BCUT2D eigenvalue weighted by atomic mass is 10.1. The van der Waals surface area contributed by atoms with Crippen LogP contribution in [0.25, 0.3) is 0 Å². The Balaban J connectivity index is 1.86. The Morgan fingerprint density at radius 3 is 2.65 bits per heavy atom. The maximum absolute atomic E-state index is 11.9. The highest BCUT2D eigenvalue weighted by Crippen LogP contribution is 2.33. The Bertz CT molecular complexity index is 373. The molecule has 1 amide bonds. The third kappa shape index (κ3) is 3.56. The molecule has 1 aromatic carbocycles. The molecule has 0 saturated heterocycles. The van der Waals surface area contributed by atoms with Gasteiger partial charge in [-0.05, 0) is 24.8 Å². The first-order valence-electron chi connectivity index (χ1n) is 6.27. The molecular weight excluding hydrogens is 212 g/mol. The van der Waals surface area contributed by atoms with Crippen LogP contribution in [-0.2, 0) is 4.79 Å². The number of amides is 1. The molecular formula is C14H20N2O. The second-order valence-electron chi connectivity index (χ2n) is 4.98. The van der Waals surface area contributed by atoms with Gasteiger partial charge in [0.05, 0.1) is 0 Å². The Labute approximate surface area is 102 Å². The first-order chi connectivity index (χ1) is 8.16. The number of hydrogen-bond donors (Lipinski definition) is 2. The Morgan fingerprint density at radius 1 is 1.41 bits per heavy atom. The van der Waals surface area contributed by atoms with Crippen molar-refractivity contribution < 1.29 is 4.79 Å². The smallest absolute Gasteiger partial charge is 0.241 e. The van der Waals surface area contributed by atoms with Crippen LogP contribution in [0.3, 0.4) is 0 Å². The summed E-state index contributed by atoms with van der Waals surface area (Å²) in [6.07, 6.45) is 3.70. The van der Waals surface area contributed by atoms with E-state index in [4.69, 9.17) is 5.73 Å². The fourth-order valence-electron chi connectivity index (χ4n) is 2.06. The third-order valence-electron chi connectivity index (χ3n) is 3.21. The molecule has 0 aliphatic heterocycles. The number of hydrogen-bond acceptors (Lipinski definition) is 2. The van der Waals surface area contributed by atoms with Crippen LogP contribution in [0.5, 0.6) is 0 Å². The van der Waals surface area contributed by atoms with Crippen molar-refractivity contribution in [3.63, 3.8) is 0 Å². The highest BCUT2D eigenvalue weighted by Gasteiger charge is 2.25. The zero-order valence-corrected chi connectivity index (χ0v) is 10.2. The van der Waals surface area contributed by atoms with E-state index in [0.29, 0.717) is 0 Å². The van der Waals surface area contributed by atoms with E-state index in [0.717, 1.165) is 17.9 Å². The van der Waals surface area contributed by atoms with Gasteiger partial charge >= 0.3 is 0 Å². The van der Waals surface area contributed by atoms with Crippen molar-refractivity contribution in [1.82, 2.24) is 5.32 Å². The molecule has 1 aliphatic carbocycles. The number of benzene rings is 1. The average molecular weight is 232 g/mol. The van der Waals surface area contributed by atoms with Gasteiger partial charge in [0.15, 0.2) is 0 Å². The fourth-order valence-corrected chi connectivity index (χ4v) is 2.06. The van der Waals surface area contributed by atoms with Gasteiger partial charge < -0.3 is 11.1 Å². The van der Waals surface area contributed by atoms with Gasteiger partial charge in [-0.1, -0.05) is 43.2 Å². The van der Waals surface area contributed by atoms with Gasteiger partial charge in [-0.2, -0.15) is 0 Å². The monoisotopic (exact) mass is 232 g/mol. The molecule has 0 radical (unpaired) electrons. The summed E-state index contributed by atoms with van der Waals surface area (Å²) in [5.74, 6) is 0.739. The van der Waals surface area contributed by atoms with E-state index < -0.39 is 6.04 Å². The predicted octanol–water partition coefficient (Wildman–Crippen LogP) is 1.99. The van der Waals surface area contributed by atoms with Crippen LogP contribution in [0.15, 0.2) is 30.3 Å². The molecule has 1 aromatic rings. The lowest BCUT2D eigenvalue weighted by molar-refractivity contribution is -0.123. The maximum atomic E-state index is 11.9. The molecule has 1 aliphatic rings. The second kappa shape index (κ2) is 5.32. The van der Waals surface area contributed by atoms with Crippen molar-refractivity contribution in [1.29, 1.82) is 0 Å². The first-order valence-corrected chi connectivity index (χ1v) is 6.27. The van der Waals surface area contributed by atoms with E-state index in [1.165, 1.54) is 12.8 Å². The summed E-state index contributed by atoms with van der Waals surface area (Å²) in [5.41, 5.74) is 6.79. The Morgan fingerprint density at radius 2 is 2.06 bits per heavy atom. The molecule has 92 valence electrons. The van der Waals surface area contributed by atoms with Gasteiger partial charge in [0.2, 0.25) is 5.91 Å². The third-order valence-corrected chi connectivity index (χ3v) is 3.21. The molecule has 0 bridgehead atoms. The summed E-state index contributed by atoms with van der Waals surface area (Å²) in [6, 6.07) is 9.16. The van der Waals surface area contributed by atoms with Crippen LogP contribution in [0, 0.1) is 5.92 Å². The second-order valence-corrected chi connectivity index (χ2v) is 4.98. The van der Waals surface area contributed by atoms with Crippen molar-refractivity contribution in [2.75, 3.05) is 0 Å². The summed E-state index contributed by atoms with van der Waals surface area (Å²) in [6.45, 7) is 2.05. The zero-order chi connectivity index (χ0) is 12.3. The van der Waals surface area contributed by atoms with Crippen molar-refractivity contribution in [2.24, 2.45) is 11.7 Å². The van der Waals surface area contributed by atoms with Crippen LogP contribution >= 0.6 is 0 Å². The molecule has 0 spiro atoms. The molecule has 0 aromatic heterocycles. The average Bonchev–Trinajstić information content (AvgIpc) is 3.12. The largest absolute Gasteiger partial charge is 0.352 e.